The largest absolute Gasteiger partial charge is 0.550 e. The van der Waals surface area contributed by atoms with Gasteiger partial charge < -0.3 is 20.5 Å². The van der Waals surface area contributed by atoms with E-state index >= 15 is 0 Å². The summed E-state index contributed by atoms with van der Waals surface area (Å²) in [5.41, 5.74) is 0. The maximum Gasteiger partial charge on any atom is 0.230 e. The van der Waals surface area contributed by atoms with Crippen LogP contribution in [0, 0.1) is 0 Å². The Bertz CT molecular complexity index is 286. The predicted molar refractivity (Wildman–Crippen MR) is 66.9 cm³/mol. The van der Waals surface area contributed by atoms with Crippen LogP contribution in [-0.4, -0.2) is 41.9 Å². The van der Waals surface area contributed by atoms with Crippen LogP contribution in [0.2, 0.25) is 0 Å². The summed E-state index contributed by atoms with van der Waals surface area (Å²) in [4.78, 5) is 32.4. The Balaban J connectivity index is 4.14. The van der Waals surface area contributed by atoms with E-state index in [0.717, 1.165) is 0 Å². The van der Waals surface area contributed by atoms with Crippen molar-refractivity contribution in [3.05, 3.63) is 0 Å². The van der Waals surface area contributed by atoms with Crippen LogP contribution < -0.4 is 15.7 Å². The zero-order chi connectivity index (χ0) is 13.3. The monoisotopic (exact) mass is 279 g/mol. The average Bonchev–Trinajstić information content (AvgIpc) is 2.31. The molecular formula is C9H15N2O4S2-. The Labute approximate surface area is 110 Å². The molecule has 0 rings (SSSR count). The van der Waals surface area contributed by atoms with E-state index in [0.29, 0.717) is 0 Å². The van der Waals surface area contributed by atoms with Crippen molar-refractivity contribution in [3.63, 3.8) is 0 Å². The second-order valence-corrected chi connectivity index (χ2v) is 3.93. The Morgan fingerprint density at radius 1 is 1.12 bits per heavy atom. The second kappa shape index (κ2) is 9.17. The van der Waals surface area contributed by atoms with Crippen molar-refractivity contribution in [1.29, 1.82) is 0 Å². The van der Waals surface area contributed by atoms with E-state index in [-0.39, 0.29) is 42.7 Å². The molecule has 0 bridgehead atoms. The highest BCUT2D eigenvalue weighted by molar-refractivity contribution is 7.81. The standard InChI is InChI=1S/C9H16N2O4S2/c12-7(4-16)10-3-6(1-2-9(14)15)11-8(13)5-17/h6,16-17H,1-5H2,(H,10,12)(H,11,13)(H,14,15)/p-1. The lowest BCUT2D eigenvalue weighted by atomic mass is 10.1. The molecule has 8 heteroatoms. The summed E-state index contributed by atoms with van der Waals surface area (Å²) in [6, 6.07) is -0.448. The molecule has 0 aliphatic heterocycles. The van der Waals surface area contributed by atoms with E-state index < -0.39 is 12.0 Å². The Kier molecular flexibility index (Phi) is 8.69. The van der Waals surface area contributed by atoms with Crippen LogP contribution in [-0.2, 0) is 14.4 Å². The van der Waals surface area contributed by atoms with Gasteiger partial charge in [-0.2, -0.15) is 25.3 Å². The van der Waals surface area contributed by atoms with Gasteiger partial charge in [-0.15, -0.1) is 0 Å². The van der Waals surface area contributed by atoms with Gasteiger partial charge in [-0.25, -0.2) is 0 Å². The molecule has 0 aromatic rings. The van der Waals surface area contributed by atoms with Gasteiger partial charge in [0.2, 0.25) is 11.8 Å². The molecule has 1 unspecified atom stereocenters. The van der Waals surface area contributed by atoms with Crippen molar-refractivity contribution in [2.45, 2.75) is 18.9 Å². The summed E-state index contributed by atoms with van der Waals surface area (Å²) >= 11 is 7.56. The molecule has 2 N–H and O–H groups in total. The van der Waals surface area contributed by atoms with Gasteiger partial charge in [-0.05, 0) is 12.8 Å². The number of carboxylic acids is 1. The number of nitrogens with one attached hydrogen (secondary N) is 2. The Morgan fingerprint density at radius 2 is 1.71 bits per heavy atom. The number of carbonyl (C=O) groups excluding carboxylic acids is 3. The minimum Gasteiger partial charge on any atom is -0.550 e. The fourth-order valence-electron chi connectivity index (χ4n) is 1.08. The van der Waals surface area contributed by atoms with E-state index in [1.165, 1.54) is 0 Å². The highest BCUT2D eigenvalue weighted by atomic mass is 32.1. The molecule has 0 aromatic heterocycles. The molecular weight excluding hydrogens is 264 g/mol. The molecule has 2 amide bonds. The van der Waals surface area contributed by atoms with Crippen molar-refractivity contribution in [2.24, 2.45) is 0 Å². The van der Waals surface area contributed by atoms with Crippen molar-refractivity contribution in [3.8, 4) is 0 Å². The van der Waals surface area contributed by atoms with Crippen LogP contribution in [0.25, 0.3) is 0 Å². The van der Waals surface area contributed by atoms with Crippen LogP contribution in [0.4, 0.5) is 0 Å². The van der Waals surface area contributed by atoms with Crippen molar-refractivity contribution >= 4 is 43.0 Å². The summed E-state index contributed by atoms with van der Waals surface area (Å²) in [5.74, 6) is -1.77. The first-order chi connectivity index (χ1) is 7.99. The summed E-state index contributed by atoms with van der Waals surface area (Å²) in [6.07, 6.45) is 0.00294. The quantitative estimate of drug-likeness (QED) is 0.385. The summed E-state index contributed by atoms with van der Waals surface area (Å²) in [6.45, 7) is 0.159. The average molecular weight is 279 g/mol. The molecule has 0 radical (unpaired) electrons. The summed E-state index contributed by atoms with van der Waals surface area (Å²) in [7, 11) is 0. The Hall–Kier alpha value is -0.890. The minimum atomic E-state index is -1.20. The number of rotatable bonds is 8. The van der Waals surface area contributed by atoms with Gasteiger partial charge in [0.05, 0.1) is 11.5 Å². The number of amides is 2. The lowest BCUT2D eigenvalue weighted by Gasteiger charge is -2.19. The predicted octanol–water partition coefficient (Wildman–Crippen LogP) is -2.02. The van der Waals surface area contributed by atoms with E-state index in [2.05, 4.69) is 35.9 Å². The van der Waals surface area contributed by atoms with Gasteiger partial charge in [-0.3, -0.25) is 9.59 Å². The molecule has 98 valence electrons. The number of thiol groups is 2. The summed E-state index contributed by atoms with van der Waals surface area (Å²) < 4.78 is 0. The lowest BCUT2D eigenvalue weighted by molar-refractivity contribution is -0.305. The van der Waals surface area contributed by atoms with E-state index in [9.17, 15) is 19.5 Å². The number of carbonyl (C=O) groups is 3. The molecule has 0 heterocycles. The fraction of sp³-hybridized carbons (Fsp3) is 0.667. The van der Waals surface area contributed by atoms with Gasteiger partial charge in [0.15, 0.2) is 0 Å². The van der Waals surface area contributed by atoms with Gasteiger partial charge >= 0.3 is 0 Å². The molecule has 0 saturated heterocycles. The molecule has 6 nitrogen and oxygen atoms in total. The molecule has 0 fully saturated rings. The van der Waals surface area contributed by atoms with Crippen LogP contribution in [0.3, 0.4) is 0 Å². The molecule has 0 spiro atoms. The number of carboxylic acid groups (broad SMARTS) is 1. The molecule has 0 aliphatic rings. The first-order valence-corrected chi connectivity index (χ1v) is 6.23. The van der Waals surface area contributed by atoms with Gasteiger partial charge in [0, 0.05) is 18.6 Å². The third-order valence-electron chi connectivity index (χ3n) is 1.89. The van der Waals surface area contributed by atoms with E-state index in [4.69, 9.17) is 0 Å². The first kappa shape index (κ1) is 16.1. The molecule has 0 aromatic carbocycles. The topological polar surface area (TPSA) is 98.3 Å². The molecule has 0 aliphatic carbocycles. The minimum absolute atomic E-state index is 0.00232. The van der Waals surface area contributed by atoms with Gasteiger partial charge in [0.25, 0.3) is 0 Å². The number of hydrogen-bond acceptors (Lipinski definition) is 6. The SMILES string of the molecule is O=C([O-])CCC(CNC(=O)CS)NC(=O)CS. The van der Waals surface area contributed by atoms with Crippen LogP contribution in [0.15, 0.2) is 0 Å². The van der Waals surface area contributed by atoms with Gasteiger partial charge in [-0.1, -0.05) is 0 Å². The van der Waals surface area contributed by atoms with E-state index in [1.54, 1.807) is 0 Å². The first-order valence-electron chi connectivity index (χ1n) is 4.97. The third kappa shape index (κ3) is 8.87. The Morgan fingerprint density at radius 3 is 2.18 bits per heavy atom. The van der Waals surface area contributed by atoms with Crippen LogP contribution in [0.5, 0.6) is 0 Å². The lowest BCUT2D eigenvalue weighted by Crippen LogP contribution is -2.45. The van der Waals surface area contributed by atoms with Crippen molar-refractivity contribution < 1.29 is 19.5 Å². The summed E-state index contributed by atoms with van der Waals surface area (Å²) in [5, 5.41) is 15.4. The van der Waals surface area contributed by atoms with Crippen molar-refractivity contribution in [2.75, 3.05) is 18.1 Å². The highest BCUT2D eigenvalue weighted by Gasteiger charge is 2.12. The van der Waals surface area contributed by atoms with Crippen LogP contribution in [0.1, 0.15) is 12.8 Å². The molecule has 1 atom stereocenters. The maximum atomic E-state index is 11.1. The maximum absolute atomic E-state index is 11.1. The smallest absolute Gasteiger partial charge is 0.230 e. The van der Waals surface area contributed by atoms with Gasteiger partial charge in [0.1, 0.15) is 0 Å². The molecule has 0 saturated carbocycles. The van der Waals surface area contributed by atoms with Crippen molar-refractivity contribution in [1.82, 2.24) is 10.6 Å². The van der Waals surface area contributed by atoms with E-state index in [1.807, 2.05) is 0 Å². The highest BCUT2D eigenvalue weighted by Crippen LogP contribution is 1.96. The normalized spacial score (nSPS) is 11.6. The number of hydrogen-bond donors (Lipinski definition) is 4. The third-order valence-corrected chi connectivity index (χ3v) is 2.47. The number of aliphatic carboxylic acids is 1. The molecule has 17 heavy (non-hydrogen) atoms. The zero-order valence-electron chi connectivity index (χ0n) is 9.14. The van der Waals surface area contributed by atoms with Crippen LogP contribution >= 0.6 is 25.3 Å². The fourth-order valence-corrected chi connectivity index (χ4v) is 1.29. The zero-order valence-corrected chi connectivity index (χ0v) is 10.9. The second-order valence-electron chi connectivity index (χ2n) is 3.30.